The number of nitrogens with zero attached hydrogens (tertiary/aromatic N) is 2. The van der Waals surface area contributed by atoms with E-state index in [0.29, 0.717) is 51.8 Å². The summed E-state index contributed by atoms with van der Waals surface area (Å²) in [6.45, 7) is 2.59. The van der Waals surface area contributed by atoms with Gasteiger partial charge in [0.1, 0.15) is 0 Å². The molecule has 0 spiro atoms. The molecule has 160 valence electrons. The zero-order valence-electron chi connectivity index (χ0n) is 16.7. The van der Waals surface area contributed by atoms with Gasteiger partial charge in [-0.2, -0.15) is 0 Å². The molecule has 1 aliphatic rings. The minimum absolute atomic E-state index is 0.0881. The molecular formula is C21H20BrN5O4. The normalized spacial score (nSPS) is 12.8. The highest BCUT2D eigenvalue weighted by Gasteiger charge is 2.21. The SMILES string of the molecule is CCOc1cc(-c2nccc(-c3cc4c([nH]3)CCNC4=O)n2)cc(Br)c1OCC(N)=O. The molecule has 0 unspecified atom stereocenters. The van der Waals surface area contributed by atoms with E-state index >= 15 is 0 Å². The second-order valence-electron chi connectivity index (χ2n) is 6.82. The Balaban J connectivity index is 1.70. The lowest BCUT2D eigenvalue weighted by Gasteiger charge is -2.14. The highest BCUT2D eigenvalue weighted by molar-refractivity contribution is 9.10. The molecule has 10 heteroatoms. The van der Waals surface area contributed by atoms with Crippen LogP contribution in [0.5, 0.6) is 11.5 Å². The van der Waals surface area contributed by atoms with Crippen molar-refractivity contribution in [3.8, 4) is 34.3 Å². The zero-order chi connectivity index (χ0) is 22.0. The van der Waals surface area contributed by atoms with Gasteiger partial charge in [-0.05, 0) is 47.1 Å². The number of benzene rings is 1. The van der Waals surface area contributed by atoms with Gasteiger partial charge >= 0.3 is 0 Å². The average molecular weight is 486 g/mol. The molecule has 0 aliphatic carbocycles. The van der Waals surface area contributed by atoms with E-state index in [1.54, 1.807) is 30.5 Å². The third kappa shape index (κ3) is 4.38. The van der Waals surface area contributed by atoms with Gasteiger partial charge in [0.05, 0.1) is 28.0 Å². The molecule has 0 saturated heterocycles. The Bertz CT molecular complexity index is 1160. The molecule has 4 rings (SSSR count). The lowest BCUT2D eigenvalue weighted by Crippen LogP contribution is -2.31. The van der Waals surface area contributed by atoms with Gasteiger partial charge in [-0.15, -0.1) is 0 Å². The number of H-pyrrole nitrogens is 1. The van der Waals surface area contributed by atoms with Crippen LogP contribution in [0.2, 0.25) is 0 Å². The van der Waals surface area contributed by atoms with E-state index in [2.05, 4.69) is 36.2 Å². The van der Waals surface area contributed by atoms with Crippen molar-refractivity contribution in [1.29, 1.82) is 0 Å². The van der Waals surface area contributed by atoms with Crippen LogP contribution in [0, 0.1) is 0 Å². The Morgan fingerprint density at radius 2 is 2.13 bits per heavy atom. The summed E-state index contributed by atoms with van der Waals surface area (Å²) in [5.41, 5.74) is 8.82. The van der Waals surface area contributed by atoms with Crippen LogP contribution in [-0.2, 0) is 11.2 Å². The molecule has 3 aromatic rings. The van der Waals surface area contributed by atoms with Crippen LogP contribution in [-0.4, -0.2) is 46.5 Å². The van der Waals surface area contributed by atoms with Crippen molar-refractivity contribution in [3.63, 3.8) is 0 Å². The number of aromatic amines is 1. The summed E-state index contributed by atoms with van der Waals surface area (Å²) in [5.74, 6) is 0.613. The maximum absolute atomic E-state index is 12.1. The van der Waals surface area contributed by atoms with Gasteiger partial charge in [0.15, 0.2) is 23.9 Å². The minimum Gasteiger partial charge on any atom is -0.490 e. The summed E-state index contributed by atoms with van der Waals surface area (Å²) in [4.78, 5) is 35.5. The predicted octanol–water partition coefficient (Wildman–Crippen LogP) is 2.45. The fourth-order valence-electron chi connectivity index (χ4n) is 3.32. The van der Waals surface area contributed by atoms with Crippen molar-refractivity contribution in [3.05, 3.63) is 46.2 Å². The minimum atomic E-state index is -0.586. The van der Waals surface area contributed by atoms with Gasteiger partial charge in [0, 0.05) is 30.4 Å². The summed E-state index contributed by atoms with van der Waals surface area (Å²) in [5, 5.41) is 2.84. The molecule has 0 radical (unpaired) electrons. The standard InChI is InChI=1S/C21H20BrN5O4/c1-2-30-17-8-11(7-13(22)19(17)31-10-18(23)28)20-24-5-4-15(27-20)16-9-12-14(26-16)3-6-25-21(12)29/h4-5,7-9,26H,2-3,6,10H2,1H3,(H2,23,28)(H,25,29). The molecule has 1 aliphatic heterocycles. The summed E-state index contributed by atoms with van der Waals surface area (Å²) in [7, 11) is 0. The summed E-state index contributed by atoms with van der Waals surface area (Å²) < 4.78 is 11.8. The van der Waals surface area contributed by atoms with Gasteiger partial charge in [0.25, 0.3) is 11.8 Å². The molecule has 0 saturated carbocycles. The number of primary amides is 1. The van der Waals surface area contributed by atoms with E-state index < -0.39 is 5.91 Å². The zero-order valence-corrected chi connectivity index (χ0v) is 18.3. The number of rotatable bonds is 7. The Morgan fingerprint density at radius 1 is 1.29 bits per heavy atom. The van der Waals surface area contributed by atoms with E-state index in [1.165, 1.54) is 0 Å². The Kier molecular flexibility index (Phi) is 5.90. The second kappa shape index (κ2) is 8.76. The van der Waals surface area contributed by atoms with Gasteiger partial charge in [-0.3, -0.25) is 9.59 Å². The highest BCUT2D eigenvalue weighted by atomic mass is 79.9. The maximum Gasteiger partial charge on any atom is 0.255 e. The first-order valence-electron chi connectivity index (χ1n) is 9.67. The number of hydrogen-bond donors (Lipinski definition) is 3. The van der Waals surface area contributed by atoms with Crippen LogP contribution >= 0.6 is 15.9 Å². The number of carbonyl (C=O) groups excluding carboxylic acids is 2. The lowest BCUT2D eigenvalue weighted by molar-refractivity contribution is -0.119. The summed E-state index contributed by atoms with van der Waals surface area (Å²) in [6, 6.07) is 7.11. The summed E-state index contributed by atoms with van der Waals surface area (Å²) in [6.07, 6.45) is 2.40. The average Bonchev–Trinajstić information content (AvgIpc) is 3.19. The first kappa shape index (κ1) is 20.9. The maximum atomic E-state index is 12.1. The van der Waals surface area contributed by atoms with E-state index in [0.717, 1.165) is 17.8 Å². The fraction of sp³-hybridized carbons (Fsp3) is 0.238. The van der Waals surface area contributed by atoms with Gasteiger partial charge < -0.3 is 25.5 Å². The van der Waals surface area contributed by atoms with Crippen LogP contribution in [0.1, 0.15) is 23.0 Å². The van der Waals surface area contributed by atoms with E-state index in [1.807, 2.05) is 6.92 Å². The third-order valence-corrected chi connectivity index (χ3v) is 5.25. The highest BCUT2D eigenvalue weighted by Crippen LogP contribution is 2.39. The van der Waals surface area contributed by atoms with Crippen molar-refractivity contribution < 1.29 is 19.1 Å². The van der Waals surface area contributed by atoms with E-state index in [4.69, 9.17) is 15.2 Å². The number of nitrogens with two attached hydrogens (primary N) is 1. The number of nitrogens with one attached hydrogen (secondary N) is 2. The van der Waals surface area contributed by atoms with Gasteiger partial charge in [-0.1, -0.05) is 0 Å². The number of aromatic nitrogens is 3. The Morgan fingerprint density at radius 3 is 2.87 bits per heavy atom. The second-order valence-corrected chi connectivity index (χ2v) is 7.67. The predicted molar refractivity (Wildman–Crippen MR) is 117 cm³/mol. The quantitative estimate of drug-likeness (QED) is 0.470. The van der Waals surface area contributed by atoms with Crippen molar-refractivity contribution >= 4 is 27.7 Å². The lowest BCUT2D eigenvalue weighted by atomic mass is 10.1. The molecule has 4 N–H and O–H groups in total. The third-order valence-electron chi connectivity index (χ3n) is 4.66. The van der Waals surface area contributed by atoms with Crippen molar-refractivity contribution in [2.75, 3.05) is 19.8 Å². The number of carbonyl (C=O) groups is 2. The van der Waals surface area contributed by atoms with E-state index in [-0.39, 0.29) is 12.5 Å². The van der Waals surface area contributed by atoms with E-state index in [9.17, 15) is 9.59 Å². The van der Waals surface area contributed by atoms with Crippen LogP contribution in [0.25, 0.3) is 22.8 Å². The van der Waals surface area contributed by atoms with Crippen molar-refractivity contribution in [2.24, 2.45) is 5.73 Å². The Hall–Kier alpha value is -3.40. The molecule has 1 aromatic carbocycles. The number of ether oxygens (including phenoxy) is 2. The first-order chi connectivity index (χ1) is 15.0. The molecule has 31 heavy (non-hydrogen) atoms. The van der Waals surface area contributed by atoms with Crippen molar-refractivity contribution in [1.82, 2.24) is 20.3 Å². The monoisotopic (exact) mass is 485 g/mol. The van der Waals surface area contributed by atoms with Crippen molar-refractivity contribution in [2.45, 2.75) is 13.3 Å². The number of hydrogen-bond acceptors (Lipinski definition) is 6. The van der Waals surface area contributed by atoms with Crippen LogP contribution in [0.15, 0.2) is 34.9 Å². The van der Waals surface area contributed by atoms with Gasteiger partial charge in [0.2, 0.25) is 0 Å². The topological polar surface area (TPSA) is 132 Å². The molecule has 0 fully saturated rings. The summed E-state index contributed by atoms with van der Waals surface area (Å²) >= 11 is 3.46. The van der Waals surface area contributed by atoms with Crippen LogP contribution in [0.4, 0.5) is 0 Å². The molecule has 0 bridgehead atoms. The fourth-order valence-corrected chi connectivity index (χ4v) is 3.88. The van der Waals surface area contributed by atoms with Gasteiger partial charge in [-0.25, -0.2) is 9.97 Å². The molecule has 3 heterocycles. The van der Waals surface area contributed by atoms with Crippen LogP contribution in [0.3, 0.4) is 0 Å². The van der Waals surface area contributed by atoms with Crippen LogP contribution < -0.4 is 20.5 Å². The molecule has 2 amide bonds. The molecule has 0 atom stereocenters. The first-order valence-corrected chi connectivity index (χ1v) is 10.5. The number of halogens is 1. The molecule has 2 aromatic heterocycles. The molecule has 9 nitrogen and oxygen atoms in total. The smallest absolute Gasteiger partial charge is 0.255 e. The number of fused-ring (bicyclic) bond motifs is 1. The largest absolute Gasteiger partial charge is 0.490 e. The molecular weight excluding hydrogens is 466 g/mol. The Labute approximate surface area is 186 Å². The number of amides is 2.